The highest BCUT2D eigenvalue weighted by atomic mass is 31.1. The van der Waals surface area contributed by atoms with Gasteiger partial charge in [-0.1, -0.05) is 5.16 Å². The predicted octanol–water partition coefficient (Wildman–Crippen LogP) is 0.135. The summed E-state index contributed by atoms with van der Waals surface area (Å²) in [5, 5.41) is 11.0. The highest BCUT2D eigenvalue weighted by Gasteiger charge is 1.88. The molecule has 1 N–H and O–H groups in total. The molecule has 52 valence electrons. The van der Waals surface area contributed by atoms with E-state index in [4.69, 9.17) is 5.11 Å². The van der Waals surface area contributed by atoms with Gasteiger partial charge in [0.05, 0.1) is 12.6 Å². The van der Waals surface area contributed by atoms with E-state index in [1.807, 2.05) is 0 Å². The van der Waals surface area contributed by atoms with Crippen LogP contribution in [0.4, 0.5) is 0 Å². The molecular weight excluding hydrogens is 145 g/mol. The van der Waals surface area contributed by atoms with Crippen LogP contribution >= 0.6 is 8.69 Å². The molecule has 0 saturated heterocycles. The van der Waals surface area contributed by atoms with Crippen molar-refractivity contribution in [2.24, 2.45) is 5.16 Å². The Morgan fingerprint density at radius 2 is 2.56 bits per heavy atom. The van der Waals surface area contributed by atoms with Gasteiger partial charge in [0.25, 0.3) is 8.69 Å². The second-order valence-corrected chi connectivity index (χ2v) is 1.49. The van der Waals surface area contributed by atoms with E-state index < -0.39 is 14.7 Å². The molecule has 0 radical (unpaired) electrons. The summed E-state index contributed by atoms with van der Waals surface area (Å²) < 4.78 is 13.6. The van der Waals surface area contributed by atoms with Crippen molar-refractivity contribution in [3.05, 3.63) is 0 Å². The Labute approximate surface area is 52.6 Å². The van der Waals surface area contributed by atoms with Crippen LogP contribution in [0.5, 0.6) is 0 Å². The van der Waals surface area contributed by atoms with Gasteiger partial charge in [0, 0.05) is 0 Å². The van der Waals surface area contributed by atoms with Crippen LogP contribution in [0.15, 0.2) is 5.16 Å². The molecule has 0 aromatic heterocycles. The minimum Gasteiger partial charge on any atom is -0.481 e. The highest BCUT2D eigenvalue weighted by Crippen LogP contribution is 1.92. The van der Waals surface area contributed by atoms with Crippen LogP contribution < -0.4 is 0 Å². The number of carbonyl (C=O) groups is 1. The van der Waals surface area contributed by atoms with E-state index in [1.165, 1.54) is 0 Å². The van der Waals surface area contributed by atoms with Gasteiger partial charge in [-0.2, -0.15) is 0 Å². The summed E-state index contributed by atoms with van der Waals surface area (Å²) in [5.74, 6) is -0.997. The summed E-state index contributed by atoms with van der Waals surface area (Å²) in [6.07, 6.45) is 0.826. The Morgan fingerprint density at radius 3 is 3.00 bits per heavy atom. The van der Waals surface area contributed by atoms with Crippen molar-refractivity contribution in [2.45, 2.75) is 6.42 Å². The fourth-order valence-corrected chi connectivity index (χ4v) is 0.319. The maximum absolute atomic E-state index is 9.74. The number of carboxylic acid groups (broad SMARTS) is 1. The molecule has 0 heterocycles. The minimum atomic E-state index is -1.38. The minimum absolute atomic E-state index is 0.209. The average molecular weight is 151 g/mol. The lowest BCUT2D eigenvalue weighted by molar-refractivity contribution is -0.135. The Morgan fingerprint density at radius 1 is 1.89 bits per heavy atom. The van der Waals surface area contributed by atoms with Crippen LogP contribution in [-0.4, -0.2) is 17.3 Å². The average Bonchev–Trinajstić information content (AvgIpc) is 1.80. The highest BCUT2D eigenvalue weighted by molar-refractivity contribution is 7.17. The van der Waals surface area contributed by atoms with Gasteiger partial charge < -0.3 is 9.73 Å². The van der Waals surface area contributed by atoms with Crippen molar-refractivity contribution in [2.75, 3.05) is 0 Å². The number of hydrogen-bond donors (Lipinski definition) is 1. The monoisotopic (exact) mass is 151 g/mol. The zero-order valence-electron chi connectivity index (χ0n) is 4.48. The van der Waals surface area contributed by atoms with E-state index in [9.17, 15) is 9.36 Å². The first-order valence-electron chi connectivity index (χ1n) is 2.10. The molecule has 5 nitrogen and oxygen atoms in total. The third-order valence-corrected chi connectivity index (χ3v) is 0.652. The zero-order valence-corrected chi connectivity index (χ0v) is 5.64. The summed E-state index contributed by atoms with van der Waals surface area (Å²) in [4.78, 5) is 9.74. The van der Waals surface area contributed by atoms with Crippen molar-refractivity contribution in [1.82, 2.24) is 0 Å². The quantitative estimate of drug-likeness (QED) is 0.352. The molecule has 1 unspecified atom stereocenters. The Kier molecular flexibility index (Phi) is 4.82. The fourth-order valence-electron chi connectivity index (χ4n) is 0.183. The van der Waals surface area contributed by atoms with Crippen molar-refractivity contribution in [3.8, 4) is 0 Å². The molecule has 1 atom stereocenters. The van der Waals surface area contributed by atoms with Gasteiger partial charge in [-0.25, -0.2) is 0 Å². The molecule has 0 aromatic rings. The first-order chi connectivity index (χ1) is 4.27. The van der Waals surface area contributed by atoms with Gasteiger partial charge in [-0.3, -0.25) is 9.36 Å². The summed E-state index contributed by atoms with van der Waals surface area (Å²) in [5.41, 5.74) is 0. The molecule has 0 amide bonds. The van der Waals surface area contributed by atoms with Crippen LogP contribution in [0.1, 0.15) is 6.42 Å². The molecule has 0 aromatic carbocycles. The lowest BCUT2D eigenvalue weighted by atomic mass is 10.5. The molecule has 0 saturated carbocycles. The molecule has 0 bridgehead atoms. The lowest BCUT2D eigenvalue weighted by Crippen LogP contribution is -1.93. The zero-order chi connectivity index (χ0) is 7.11. The van der Waals surface area contributed by atoms with E-state index in [0.717, 1.165) is 6.21 Å². The number of hydrogen-bond acceptors (Lipinski definition) is 4. The van der Waals surface area contributed by atoms with Crippen LogP contribution in [0.2, 0.25) is 0 Å². The number of oxime groups is 1. The largest absolute Gasteiger partial charge is 0.481 e. The Bertz CT molecular complexity index is 134. The molecule has 0 fully saturated rings. The first-order valence-corrected chi connectivity index (χ1v) is 3.04. The molecular formula is C3H6NO4P. The van der Waals surface area contributed by atoms with E-state index in [0.29, 0.717) is 0 Å². The van der Waals surface area contributed by atoms with Gasteiger partial charge in [0.15, 0.2) is 0 Å². The maximum Gasteiger partial charge on any atom is 0.308 e. The molecule has 0 aliphatic rings. The second kappa shape index (κ2) is 5.31. The Hall–Kier alpha value is -0.830. The summed E-state index contributed by atoms with van der Waals surface area (Å²) >= 11 is 0. The van der Waals surface area contributed by atoms with E-state index in [1.54, 1.807) is 0 Å². The third kappa shape index (κ3) is 7.17. The maximum atomic E-state index is 9.74. The predicted molar refractivity (Wildman–Crippen MR) is 32.2 cm³/mol. The number of carboxylic acids is 1. The lowest BCUT2D eigenvalue weighted by Gasteiger charge is -1.82. The van der Waals surface area contributed by atoms with Crippen molar-refractivity contribution >= 4 is 20.9 Å². The van der Waals surface area contributed by atoms with Crippen LogP contribution in [-0.2, 0) is 14.0 Å². The topological polar surface area (TPSA) is 76.0 Å². The van der Waals surface area contributed by atoms with Gasteiger partial charge >= 0.3 is 5.97 Å². The van der Waals surface area contributed by atoms with Gasteiger partial charge in [0.2, 0.25) is 0 Å². The second-order valence-electron chi connectivity index (χ2n) is 1.09. The van der Waals surface area contributed by atoms with Crippen LogP contribution in [0.25, 0.3) is 0 Å². The van der Waals surface area contributed by atoms with Gasteiger partial charge in [0.1, 0.15) is 0 Å². The normalized spacial score (nSPS) is 11.1. The van der Waals surface area contributed by atoms with Gasteiger partial charge in [-0.15, -0.1) is 0 Å². The smallest absolute Gasteiger partial charge is 0.308 e. The standard InChI is InChI=1S/C3H6NO4P/c5-3(6)1-2-4-8-9-7/h2H,1,9H2,(H,5,6). The van der Waals surface area contributed by atoms with E-state index in [2.05, 4.69) is 9.78 Å². The SMILES string of the molecule is O=[PH2]ON=CCC(=O)O. The number of rotatable bonds is 4. The summed E-state index contributed by atoms with van der Waals surface area (Å²) in [6, 6.07) is 0. The van der Waals surface area contributed by atoms with Crippen LogP contribution in [0, 0.1) is 0 Å². The number of aliphatic carboxylic acids is 1. The molecule has 0 aliphatic heterocycles. The Balaban J connectivity index is 3.24. The summed E-state index contributed by atoms with van der Waals surface area (Å²) in [7, 11) is -1.38. The first kappa shape index (κ1) is 8.17. The molecule has 0 rings (SSSR count). The molecule has 0 aliphatic carbocycles. The fraction of sp³-hybridized carbons (Fsp3) is 0.333. The van der Waals surface area contributed by atoms with E-state index in [-0.39, 0.29) is 6.42 Å². The third-order valence-electron chi connectivity index (χ3n) is 0.444. The van der Waals surface area contributed by atoms with E-state index >= 15 is 0 Å². The van der Waals surface area contributed by atoms with Crippen molar-refractivity contribution in [1.29, 1.82) is 0 Å². The summed E-state index contributed by atoms with van der Waals surface area (Å²) in [6.45, 7) is 0. The van der Waals surface area contributed by atoms with Crippen molar-refractivity contribution < 1.29 is 19.1 Å². The molecule has 9 heavy (non-hydrogen) atoms. The van der Waals surface area contributed by atoms with Gasteiger partial charge in [-0.05, 0) is 0 Å². The number of nitrogens with zero attached hydrogens (tertiary/aromatic N) is 1. The molecule has 6 heteroatoms. The molecule has 0 spiro atoms. The van der Waals surface area contributed by atoms with Crippen LogP contribution in [0.3, 0.4) is 0 Å². The van der Waals surface area contributed by atoms with Crippen molar-refractivity contribution in [3.63, 3.8) is 0 Å².